The number of hydrogen-bond donors (Lipinski definition) is 1. The number of nitrogen functional groups attached to an aromatic ring is 1. The highest BCUT2D eigenvalue weighted by Gasteiger charge is 2.22. The standard InChI is InChI=1S/C16H26N4/c1-9(2)13(10(3)4)7-20-12(6)11(5)14-15(17)18-8-19-16(14)20/h8-10,13H,7H2,1-6H3,(H2,17,18,19). The van der Waals surface area contributed by atoms with Gasteiger partial charge in [-0.15, -0.1) is 0 Å². The summed E-state index contributed by atoms with van der Waals surface area (Å²) in [6, 6.07) is 0. The lowest BCUT2D eigenvalue weighted by Gasteiger charge is -2.26. The largest absolute Gasteiger partial charge is 0.383 e. The first-order valence-corrected chi connectivity index (χ1v) is 7.40. The molecule has 2 N–H and O–H groups in total. The van der Waals surface area contributed by atoms with Gasteiger partial charge in [0.15, 0.2) is 0 Å². The van der Waals surface area contributed by atoms with Crippen LogP contribution in [0.25, 0.3) is 11.0 Å². The highest BCUT2D eigenvalue weighted by molar-refractivity contribution is 5.90. The van der Waals surface area contributed by atoms with Gasteiger partial charge in [-0.25, -0.2) is 9.97 Å². The fraction of sp³-hybridized carbons (Fsp3) is 0.625. The third kappa shape index (κ3) is 2.39. The Balaban J connectivity index is 2.55. The molecule has 2 aromatic rings. The van der Waals surface area contributed by atoms with Crippen molar-refractivity contribution < 1.29 is 0 Å². The van der Waals surface area contributed by atoms with E-state index < -0.39 is 0 Å². The van der Waals surface area contributed by atoms with Gasteiger partial charge in [-0.2, -0.15) is 0 Å². The molecule has 0 saturated carbocycles. The first-order chi connectivity index (χ1) is 9.34. The normalized spacial score (nSPS) is 12.2. The minimum absolute atomic E-state index is 0.583. The van der Waals surface area contributed by atoms with Crippen LogP contribution in [-0.4, -0.2) is 14.5 Å². The van der Waals surface area contributed by atoms with Gasteiger partial charge in [0, 0.05) is 12.2 Å². The van der Waals surface area contributed by atoms with Crippen molar-refractivity contribution in [1.82, 2.24) is 14.5 Å². The second-order valence-corrected chi connectivity index (χ2v) is 6.43. The molecule has 0 aliphatic rings. The molecule has 0 bridgehead atoms. The second kappa shape index (κ2) is 5.43. The van der Waals surface area contributed by atoms with E-state index in [1.165, 1.54) is 11.3 Å². The predicted molar refractivity (Wildman–Crippen MR) is 84.6 cm³/mol. The van der Waals surface area contributed by atoms with Gasteiger partial charge in [-0.05, 0) is 37.2 Å². The minimum atomic E-state index is 0.583. The number of hydrogen-bond acceptors (Lipinski definition) is 3. The van der Waals surface area contributed by atoms with Crippen LogP contribution < -0.4 is 5.73 Å². The van der Waals surface area contributed by atoms with E-state index in [4.69, 9.17) is 5.73 Å². The van der Waals surface area contributed by atoms with E-state index in [-0.39, 0.29) is 0 Å². The number of rotatable bonds is 4. The summed E-state index contributed by atoms with van der Waals surface area (Å²) in [7, 11) is 0. The number of nitrogens with two attached hydrogens (primary N) is 1. The number of fused-ring (bicyclic) bond motifs is 1. The zero-order chi connectivity index (χ0) is 15.0. The maximum Gasteiger partial charge on any atom is 0.145 e. The molecule has 4 heteroatoms. The molecular formula is C16H26N4. The maximum absolute atomic E-state index is 6.03. The molecule has 0 unspecified atom stereocenters. The van der Waals surface area contributed by atoms with Gasteiger partial charge in [-0.1, -0.05) is 27.7 Å². The van der Waals surface area contributed by atoms with Gasteiger partial charge in [0.1, 0.15) is 17.8 Å². The summed E-state index contributed by atoms with van der Waals surface area (Å²) in [6.07, 6.45) is 1.56. The molecule has 0 aromatic carbocycles. The van der Waals surface area contributed by atoms with E-state index in [9.17, 15) is 0 Å². The smallest absolute Gasteiger partial charge is 0.145 e. The van der Waals surface area contributed by atoms with Gasteiger partial charge in [-0.3, -0.25) is 0 Å². The molecule has 0 aliphatic carbocycles. The molecule has 20 heavy (non-hydrogen) atoms. The zero-order valence-corrected chi connectivity index (χ0v) is 13.4. The second-order valence-electron chi connectivity index (χ2n) is 6.43. The quantitative estimate of drug-likeness (QED) is 0.927. The van der Waals surface area contributed by atoms with E-state index in [1.54, 1.807) is 6.33 Å². The van der Waals surface area contributed by atoms with Crippen LogP contribution in [0, 0.1) is 31.6 Å². The van der Waals surface area contributed by atoms with Crippen LogP contribution in [0.4, 0.5) is 5.82 Å². The van der Waals surface area contributed by atoms with Crippen molar-refractivity contribution in [1.29, 1.82) is 0 Å². The van der Waals surface area contributed by atoms with Crippen LogP contribution in [0.3, 0.4) is 0 Å². The van der Waals surface area contributed by atoms with Crippen LogP contribution in [-0.2, 0) is 6.54 Å². The topological polar surface area (TPSA) is 56.7 Å². The molecule has 0 fully saturated rings. The van der Waals surface area contributed by atoms with Gasteiger partial charge in [0.05, 0.1) is 5.39 Å². The van der Waals surface area contributed by atoms with Crippen molar-refractivity contribution in [2.75, 3.05) is 5.73 Å². The zero-order valence-electron chi connectivity index (χ0n) is 13.4. The third-order valence-electron chi connectivity index (χ3n) is 4.54. The molecule has 0 spiro atoms. The van der Waals surface area contributed by atoms with Crippen molar-refractivity contribution >= 4 is 16.9 Å². The highest BCUT2D eigenvalue weighted by atomic mass is 15.1. The number of anilines is 1. The van der Waals surface area contributed by atoms with Crippen LogP contribution in [0.2, 0.25) is 0 Å². The lowest BCUT2D eigenvalue weighted by molar-refractivity contribution is 0.253. The first kappa shape index (κ1) is 14.8. The van der Waals surface area contributed by atoms with E-state index in [0.717, 1.165) is 17.6 Å². The van der Waals surface area contributed by atoms with Crippen molar-refractivity contribution in [2.24, 2.45) is 17.8 Å². The fourth-order valence-corrected chi connectivity index (χ4v) is 3.12. The van der Waals surface area contributed by atoms with Crippen LogP contribution in [0.5, 0.6) is 0 Å². The summed E-state index contributed by atoms with van der Waals surface area (Å²) >= 11 is 0. The molecule has 2 rings (SSSR count). The van der Waals surface area contributed by atoms with E-state index in [2.05, 4.69) is 56.1 Å². The molecule has 4 nitrogen and oxygen atoms in total. The molecule has 110 valence electrons. The van der Waals surface area contributed by atoms with Crippen molar-refractivity contribution in [2.45, 2.75) is 48.1 Å². The molecule has 0 aliphatic heterocycles. The molecule has 0 radical (unpaired) electrons. The Labute approximate surface area is 121 Å². The molecule has 0 saturated heterocycles. The van der Waals surface area contributed by atoms with Crippen molar-refractivity contribution in [3.05, 3.63) is 17.6 Å². The van der Waals surface area contributed by atoms with Gasteiger partial charge in [0.2, 0.25) is 0 Å². The van der Waals surface area contributed by atoms with Gasteiger partial charge in [0.25, 0.3) is 0 Å². The lowest BCUT2D eigenvalue weighted by Crippen LogP contribution is -2.22. The summed E-state index contributed by atoms with van der Waals surface area (Å²) in [5, 5.41) is 1.01. The maximum atomic E-state index is 6.03. The number of aromatic nitrogens is 3. The first-order valence-electron chi connectivity index (χ1n) is 7.40. The number of aryl methyl sites for hydroxylation is 1. The fourth-order valence-electron chi connectivity index (χ4n) is 3.12. The highest BCUT2D eigenvalue weighted by Crippen LogP contribution is 2.30. The van der Waals surface area contributed by atoms with E-state index in [0.29, 0.717) is 23.6 Å². The average molecular weight is 274 g/mol. The van der Waals surface area contributed by atoms with Gasteiger partial charge >= 0.3 is 0 Å². The Morgan fingerprint density at radius 2 is 1.70 bits per heavy atom. The summed E-state index contributed by atoms with van der Waals surface area (Å²) in [4.78, 5) is 8.59. The van der Waals surface area contributed by atoms with Crippen LogP contribution in [0.1, 0.15) is 39.0 Å². The van der Waals surface area contributed by atoms with E-state index >= 15 is 0 Å². The Kier molecular flexibility index (Phi) is 4.02. The molecule has 0 atom stereocenters. The molecular weight excluding hydrogens is 248 g/mol. The summed E-state index contributed by atoms with van der Waals surface area (Å²) in [6.45, 7) is 14.4. The Morgan fingerprint density at radius 1 is 1.10 bits per heavy atom. The Hall–Kier alpha value is -1.58. The predicted octanol–water partition coefficient (Wildman–Crippen LogP) is 3.56. The Morgan fingerprint density at radius 3 is 2.25 bits per heavy atom. The monoisotopic (exact) mass is 274 g/mol. The summed E-state index contributed by atoms with van der Waals surface area (Å²) < 4.78 is 2.31. The molecule has 2 aromatic heterocycles. The number of nitrogens with zero attached hydrogens (tertiary/aromatic N) is 3. The van der Waals surface area contributed by atoms with Crippen LogP contribution in [0.15, 0.2) is 6.33 Å². The SMILES string of the molecule is Cc1c(C)n(CC(C(C)C)C(C)C)c2ncnc(N)c12. The van der Waals surface area contributed by atoms with Crippen LogP contribution >= 0.6 is 0 Å². The summed E-state index contributed by atoms with van der Waals surface area (Å²) in [5.41, 5.74) is 9.44. The molecule has 0 amide bonds. The summed E-state index contributed by atoms with van der Waals surface area (Å²) in [5.74, 6) is 2.50. The minimum Gasteiger partial charge on any atom is -0.383 e. The third-order valence-corrected chi connectivity index (χ3v) is 4.54. The average Bonchev–Trinajstić information content (AvgIpc) is 2.60. The van der Waals surface area contributed by atoms with Crippen molar-refractivity contribution in [3.8, 4) is 0 Å². The van der Waals surface area contributed by atoms with E-state index in [1.807, 2.05) is 0 Å². The van der Waals surface area contributed by atoms with Crippen molar-refractivity contribution in [3.63, 3.8) is 0 Å². The van der Waals surface area contributed by atoms with Gasteiger partial charge < -0.3 is 10.3 Å². The molecule has 2 heterocycles. The lowest BCUT2D eigenvalue weighted by atomic mass is 9.85. The Bertz CT molecular complexity index is 602.